The van der Waals surface area contributed by atoms with E-state index in [1.54, 1.807) is 0 Å². The van der Waals surface area contributed by atoms with Crippen LogP contribution in [0.1, 0.15) is 19.3 Å². The van der Waals surface area contributed by atoms with Crippen LogP contribution in [-0.4, -0.2) is 7.12 Å². The van der Waals surface area contributed by atoms with Crippen LogP contribution in [0.25, 0.3) is 0 Å². The lowest BCUT2D eigenvalue weighted by atomic mass is 9.67. The van der Waals surface area contributed by atoms with Gasteiger partial charge in [0.2, 0.25) is 0 Å². The number of benzene rings is 1. The van der Waals surface area contributed by atoms with Crippen LogP contribution < -0.4 is 9.31 Å². The number of hydrogen-bond donors (Lipinski definition) is 0. The van der Waals surface area contributed by atoms with Gasteiger partial charge in [0.1, 0.15) is 11.5 Å². The molecule has 3 heteroatoms. The van der Waals surface area contributed by atoms with Crippen molar-refractivity contribution >= 4 is 7.12 Å². The van der Waals surface area contributed by atoms with Crippen LogP contribution in [0.5, 0.6) is 11.5 Å². The average molecular weight is 200 g/mol. The van der Waals surface area contributed by atoms with Crippen molar-refractivity contribution in [2.75, 3.05) is 0 Å². The fourth-order valence-corrected chi connectivity index (χ4v) is 2.16. The Morgan fingerprint density at radius 3 is 2.47 bits per heavy atom. The van der Waals surface area contributed by atoms with Crippen molar-refractivity contribution in [3.05, 3.63) is 36.4 Å². The molecule has 0 aromatic heterocycles. The van der Waals surface area contributed by atoms with E-state index in [2.05, 4.69) is 12.2 Å². The molecular weight excluding hydrogens is 187 g/mol. The average Bonchev–Trinajstić information content (AvgIpc) is 2.74. The predicted octanol–water partition coefficient (Wildman–Crippen LogP) is 3.06. The Morgan fingerprint density at radius 1 is 1.13 bits per heavy atom. The van der Waals surface area contributed by atoms with Crippen LogP contribution in [0.2, 0.25) is 5.82 Å². The maximum Gasteiger partial charge on any atom is 0.602 e. The molecule has 15 heavy (non-hydrogen) atoms. The first-order chi connectivity index (χ1) is 7.43. The Bertz CT molecular complexity index is 364. The van der Waals surface area contributed by atoms with E-state index in [4.69, 9.17) is 9.31 Å². The largest absolute Gasteiger partial charge is 0.602 e. The van der Waals surface area contributed by atoms with Gasteiger partial charge in [0.05, 0.1) is 0 Å². The highest BCUT2D eigenvalue weighted by Crippen LogP contribution is 2.38. The maximum absolute atomic E-state index is 5.77. The highest BCUT2D eigenvalue weighted by atomic mass is 16.6. The minimum Gasteiger partial charge on any atom is -0.523 e. The Kier molecular flexibility index (Phi) is 2.16. The molecule has 1 unspecified atom stereocenters. The van der Waals surface area contributed by atoms with Gasteiger partial charge < -0.3 is 9.31 Å². The molecule has 1 aliphatic heterocycles. The van der Waals surface area contributed by atoms with Crippen molar-refractivity contribution in [1.82, 2.24) is 0 Å². The number of hydrogen-bond acceptors (Lipinski definition) is 2. The third-order valence-corrected chi connectivity index (χ3v) is 2.98. The lowest BCUT2D eigenvalue weighted by Crippen LogP contribution is -2.30. The van der Waals surface area contributed by atoms with Crippen LogP contribution >= 0.6 is 0 Å². The van der Waals surface area contributed by atoms with Gasteiger partial charge in [-0.05, 0) is 31.4 Å². The molecule has 1 aromatic rings. The van der Waals surface area contributed by atoms with Gasteiger partial charge in [-0.15, -0.1) is 0 Å². The Balaban J connectivity index is 1.78. The zero-order valence-electron chi connectivity index (χ0n) is 8.56. The summed E-state index contributed by atoms with van der Waals surface area (Å²) in [6.45, 7) is 0. The third-order valence-electron chi connectivity index (χ3n) is 2.98. The molecule has 1 aromatic carbocycles. The molecule has 76 valence electrons. The first kappa shape index (κ1) is 8.90. The lowest BCUT2D eigenvalue weighted by molar-refractivity contribution is 0.471. The fraction of sp³-hybridized carbons (Fsp3) is 0.333. The van der Waals surface area contributed by atoms with Crippen molar-refractivity contribution in [2.45, 2.75) is 25.1 Å². The molecule has 3 rings (SSSR count). The quantitative estimate of drug-likeness (QED) is 0.512. The van der Waals surface area contributed by atoms with Gasteiger partial charge in [-0.2, -0.15) is 0 Å². The van der Waals surface area contributed by atoms with Gasteiger partial charge in [0.15, 0.2) is 0 Å². The summed E-state index contributed by atoms with van der Waals surface area (Å²) in [6.07, 6.45) is 8.04. The summed E-state index contributed by atoms with van der Waals surface area (Å²) in [4.78, 5) is 0. The van der Waals surface area contributed by atoms with Crippen LogP contribution in [0.3, 0.4) is 0 Å². The summed E-state index contributed by atoms with van der Waals surface area (Å²) in [7, 11) is -0.112. The SMILES string of the molecule is C1=CC(B2Oc3ccccc3O2)CCC1. The van der Waals surface area contributed by atoms with Gasteiger partial charge in [-0.3, -0.25) is 0 Å². The molecule has 0 spiro atoms. The fourth-order valence-electron chi connectivity index (χ4n) is 2.16. The molecule has 0 saturated carbocycles. The zero-order valence-corrected chi connectivity index (χ0v) is 8.56. The summed E-state index contributed by atoms with van der Waals surface area (Å²) in [5.74, 6) is 2.16. The summed E-state index contributed by atoms with van der Waals surface area (Å²) >= 11 is 0. The molecule has 0 amide bonds. The van der Waals surface area contributed by atoms with E-state index >= 15 is 0 Å². The van der Waals surface area contributed by atoms with Crippen molar-refractivity contribution in [2.24, 2.45) is 0 Å². The van der Waals surface area contributed by atoms with Crippen molar-refractivity contribution in [1.29, 1.82) is 0 Å². The summed E-state index contributed by atoms with van der Waals surface area (Å²) < 4.78 is 11.5. The molecule has 0 radical (unpaired) electrons. The topological polar surface area (TPSA) is 18.5 Å². The van der Waals surface area contributed by atoms with E-state index in [1.807, 2.05) is 24.3 Å². The zero-order chi connectivity index (χ0) is 10.1. The molecule has 1 heterocycles. The van der Waals surface area contributed by atoms with Crippen LogP contribution in [0.4, 0.5) is 0 Å². The van der Waals surface area contributed by atoms with Crippen LogP contribution in [0, 0.1) is 0 Å². The van der Waals surface area contributed by atoms with E-state index in [-0.39, 0.29) is 7.12 Å². The van der Waals surface area contributed by atoms with E-state index in [0.717, 1.165) is 17.9 Å². The predicted molar refractivity (Wildman–Crippen MR) is 60.2 cm³/mol. The number of allylic oxidation sites excluding steroid dienone is 2. The second kappa shape index (κ2) is 3.65. The van der Waals surface area contributed by atoms with Crippen molar-refractivity contribution in [3.63, 3.8) is 0 Å². The Labute approximate surface area is 90.0 Å². The Morgan fingerprint density at radius 2 is 1.87 bits per heavy atom. The summed E-state index contributed by atoms with van der Waals surface area (Å²) in [5.41, 5.74) is 0. The van der Waals surface area contributed by atoms with E-state index in [1.165, 1.54) is 12.8 Å². The van der Waals surface area contributed by atoms with Crippen LogP contribution in [-0.2, 0) is 0 Å². The molecule has 1 atom stereocenters. The smallest absolute Gasteiger partial charge is 0.523 e. The maximum atomic E-state index is 5.77. The molecule has 0 N–H and O–H groups in total. The minimum atomic E-state index is -0.112. The van der Waals surface area contributed by atoms with Gasteiger partial charge >= 0.3 is 7.12 Å². The van der Waals surface area contributed by atoms with Crippen molar-refractivity contribution < 1.29 is 9.31 Å². The number of para-hydroxylation sites is 2. The minimum absolute atomic E-state index is 0.112. The standard InChI is InChI=1S/C12H13BO2/c1-2-6-10(7-3-1)13-14-11-8-4-5-9-12(11)15-13/h2,4-6,8-10H,1,3,7H2. The highest BCUT2D eigenvalue weighted by molar-refractivity contribution is 6.50. The van der Waals surface area contributed by atoms with Crippen molar-refractivity contribution in [3.8, 4) is 11.5 Å². The van der Waals surface area contributed by atoms with E-state index < -0.39 is 0 Å². The number of fused-ring (bicyclic) bond motifs is 1. The first-order valence-corrected chi connectivity index (χ1v) is 5.52. The molecule has 0 saturated heterocycles. The Hall–Kier alpha value is -1.38. The third kappa shape index (κ3) is 1.62. The van der Waals surface area contributed by atoms with E-state index in [9.17, 15) is 0 Å². The molecule has 2 aliphatic rings. The second-order valence-corrected chi connectivity index (χ2v) is 4.07. The molecule has 0 fully saturated rings. The summed E-state index contributed by atoms with van der Waals surface area (Å²) in [6, 6.07) is 7.87. The van der Waals surface area contributed by atoms with Gasteiger partial charge in [-0.1, -0.05) is 24.3 Å². The molecule has 2 nitrogen and oxygen atoms in total. The molecule has 0 bridgehead atoms. The van der Waals surface area contributed by atoms with Gasteiger partial charge in [0, 0.05) is 5.82 Å². The monoisotopic (exact) mass is 200 g/mol. The van der Waals surface area contributed by atoms with Gasteiger partial charge in [-0.25, -0.2) is 0 Å². The second-order valence-electron chi connectivity index (χ2n) is 4.07. The molecular formula is C12H13BO2. The lowest BCUT2D eigenvalue weighted by Gasteiger charge is -2.16. The highest BCUT2D eigenvalue weighted by Gasteiger charge is 2.38. The first-order valence-electron chi connectivity index (χ1n) is 5.52. The van der Waals surface area contributed by atoms with Gasteiger partial charge in [0.25, 0.3) is 0 Å². The van der Waals surface area contributed by atoms with Crippen LogP contribution in [0.15, 0.2) is 36.4 Å². The van der Waals surface area contributed by atoms with E-state index in [0.29, 0.717) is 5.82 Å². The summed E-state index contributed by atoms with van der Waals surface area (Å²) in [5, 5.41) is 0. The normalized spacial score (nSPS) is 23.2. The molecule has 1 aliphatic carbocycles. The number of rotatable bonds is 1.